The molecule has 1 aliphatic rings. The molecular weight excluding hydrogens is 802 g/mol. The fraction of sp³-hybridized carbons (Fsp3) is 0. The van der Waals surface area contributed by atoms with Crippen LogP contribution in [0.4, 0.5) is 0 Å². The molecule has 49 heavy (non-hydrogen) atoms. The Morgan fingerprint density at radius 3 is 2.06 bits per heavy atom. The van der Waals surface area contributed by atoms with E-state index in [4.69, 9.17) is 19.7 Å². The largest absolute Gasteiger partial charge is 2.00 e. The summed E-state index contributed by atoms with van der Waals surface area (Å²) in [6, 6.07) is 55.3. The smallest absolute Gasteiger partial charge is 0.501 e. The van der Waals surface area contributed by atoms with Gasteiger partial charge in [0.2, 0.25) is 5.78 Å². The van der Waals surface area contributed by atoms with E-state index in [2.05, 4.69) is 112 Å². The molecule has 8 heteroatoms. The molecule has 0 saturated heterocycles. The Labute approximate surface area is 297 Å². The van der Waals surface area contributed by atoms with E-state index in [9.17, 15) is 0 Å². The van der Waals surface area contributed by atoms with Gasteiger partial charge in [-0.05, 0) is 47.5 Å². The molecular formula is C41H25N5OPtSi. The molecule has 1 aliphatic heterocycles. The van der Waals surface area contributed by atoms with Crippen molar-refractivity contribution in [1.29, 1.82) is 0 Å². The SMILES string of the molecule is [Pt+2].[c-]1c(Oc2[c-]c3c(nc2)[Si](c2ccccc2)(c2ccccc2)c2cccnc2-3)cccc1-n1c2ccccc2n2c3ccccc3nc12. The predicted molar refractivity (Wildman–Crippen MR) is 192 cm³/mol. The van der Waals surface area contributed by atoms with E-state index in [1.807, 2.05) is 54.7 Å². The Morgan fingerprint density at radius 2 is 1.29 bits per heavy atom. The number of imidazole rings is 2. The average Bonchev–Trinajstić information content (AvgIpc) is 3.78. The van der Waals surface area contributed by atoms with Crippen LogP contribution in [0.2, 0.25) is 0 Å². The van der Waals surface area contributed by atoms with Crippen molar-refractivity contribution in [2.24, 2.45) is 0 Å². The van der Waals surface area contributed by atoms with Crippen LogP contribution < -0.4 is 25.6 Å². The summed E-state index contributed by atoms with van der Waals surface area (Å²) in [5.41, 5.74) is 6.75. The Morgan fingerprint density at radius 1 is 0.592 bits per heavy atom. The van der Waals surface area contributed by atoms with Crippen LogP contribution >= 0.6 is 0 Å². The minimum Gasteiger partial charge on any atom is -0.501 e. The number of hydrogen-bond donors (Lipinski definition) is 0. The van der Waals surface area contributed by atoms with Gasteiger partial charge in [-0.1, -0.05) is 118 Å². The van der Waals surface area contributed by atoms with Gasteiger partial charge >= 0.3 is 21.1 Å². The number of benzene rings is 5. The normalized spacial score (nSPS) is 12.9. The maximum atomic E-state index is 6.49. The molecule has 0 unspecified atom stereocenters. The van der Waals surface area contributed by atoms with Crippen LogP contribution in [0.1, 0.15) is 0 Å². The first-order chi connectivity index (χ1) is 23.8. The van der Waals surface area contributed by atoms with Crippen molar-refractivity contribution in [2.75, 3.05) is 0 Å². The molecule has 4 aromatic heterocycles. The monoisotopic (exact) mass is 826 g/mol. The third-order valence-electron chi connectivity index (χ3n) is 9.33. The molecule has 0 N–H and O–H groups in total. The van der Waals surface area contributed by atoms with E-state index in [0.29, 0.717) is 11.5 Å². The van der Waals surface area contributed by atoms with Gasteiger partial charge in [0.15, 0.2) is 0 Å². The molecule has 0 amide bonds. The molecule has 10 rings (SSSR count). The molecule has 0 atom stereocenters. The van der Waals surface area contributed by atoms with Gasteiger partial charge in [0.25, 0.3) is 0 Å². The minimum absolute atomic E-state index is 0. The molecule has 0 radical (unpaired) electrons. The molecule has 5 aromatic carbocycles. The van der Waals surface area contributed by atoms with E-state index >= 15 is 0 Å². The molecule has 5 heterocycles. The molecule has 234 valence electrons. The fourth-order valence-corrected chi connectivity index (χ4v) is 12.3. The summed E-state index contributed by atoms with van der Waals surface area (Å²) in [4.78, 5) is 15.1. The van der Waals surface area contributed by atoms with Gasteiger partial charge in [-0.15, -0.1) is 23.8 Å². The average molecular weight is 827 g/mol. The van der Waals surface area contributed by atoms with Crippen molar-refractivity contribution in [2.45, 2.75) is 0 Å². The summed E-state index contributed by atoms with van der Waals surface area (Å²) in [5, 5.41) is 4.75. The van der Waals surface area contributed by atoms with E-state index in [-0.39, 0.29) is 21.1 Å². The van der Waals surface area contributed by atoms with Crippen molar-refractivity contribution in [3.8, 4) is 28.4 Å². The van der Waals surface area contributed by atoms with E-state index in [1.54, 1.807) is 6.20 Å². The second-order valence-corrected chi connectivity index (χ2v) is 15.6. The van der Waals surface area contributed by atoms with Crippen molar-refractivity contribution in [3.63, 3.8) is 0 Å². The molecule has 0 fully saturated rings. The number of aromatic nitrogens is 5. The maximum absolute atomic E-state index is 6.49. The van der Waals surface area contributed by atoms with Gasteiger partial charge in [0, 0.05) is 11.9 Å². The molecule has 0 saturated carbocycles. The number of pyridine rings is 2. The summed E-state index contributed by atoms with van der Waals surface area (Å²) in [6.45, 7) is 0. The summed E-state index contributed by atoms with van der Waals surface area (Å²) < 4.78 is 10.8. The predicted octanol–water partition coefficient (Wildman–Crippen LogP) is 5.97. The van der Waals surface area contributed by atoms with Crippen LogP contribution in [-0.2, 0) is 21.1 Å². The van der Waals surface area contributed by atoms with E-state index in [1.165, 1.54) is 15.6 Å². The Bertz CT molecular complexity index is 2630. The molecule has 0 spiro atoms. The van der Waals surface area contributed by atoms with Crippen molar-refractivity contribution in [1.82, 2.24) is 23.9 Å². The van der Waals surface area contributed by atoms with E-state index in [0.717, 1.165) is 50.1 Å². The number of hydrogen-bond acceptors (Lipinski definition) is 4. The van der Waals surface area contributed by atoms with Crippen LogP contribution in [0.25, 0.3) is 44.8 Å². The van der Waals surface area contributed by atoms with Gasteiger partial charge in [-0.3, -0.25) is 4.40 Å². The van der Waals surface area contributed by atoms with Crippen molar-refractivity contribution < 1.29 is 25.8 Å². The van der Waals surface area contributed by atoms with Gasteiger partial charge in [-0.25, -0.2) is 4.98 Å². The number of nitrogens with zero attached hydrogens (tertiary/aromatic N) is 5. The number of fused-ring (bicyclic) bond motifs is 8. The number of rotatable bonds is 5. The van der Waals surface area contributed by atoms with Gasteiger partial charge < -0.3 is 19.3 Å². The van der Waals surface area contributed by atoms with Gasteiger partial charge in [0.1, 0.15) is 8.07 Å². The summed E-state index contributed by atoms with van der Waals surface area (Å²) in [5.74, 6) is 1.90. The molecule has 9 aromatic rings. The molecule has 0 aliphatic carbocycles. The summed E-state index contributed by atoms with van der Waals surface area (Å²) in [7, 11) is -2.73. The standard InChI is InChI=1S/C41H25N5OSi.Pt/c1-3-15-31(16-4-1)48(32-17-5-2-6-18-32)38-23-12-24-42-39(38)33-26-30(27-43-40(33)48)47-29-14-11-13-28(25-29)45-36-21-9-10-22-37(36)46-35-20-8-7-19-34(35)44-41(45)46;/h1-24,27H;/q-2;+2. The Kier molecular flexibility index (Phi) is 6.93. The minimum atomic E-state index is -2.73. The van der Waals surface area contributed by atoms with Crippen LogP contribution in [0.3, 0.4) is 0 Å². The topological polar surface area (TPSA) is 57.2 Å². The third kappa shape index (κ3) is 4.33. The molecule has 0 bridgehead atoms. The number of ether oxygens (including phenoxy) is 1. The Balaban J connectivity index is 0.00000325. The second-order valence-electron chi connectivity index (χ2n) is 11.9. The third-order valence-corrected chi connectivity index (χ3v) is 14.0. The van der Waals surface area contributed by atoms with Crippen molar-refractivity contribution in [3.05, 3.63) is 164 Å². The zero-order valence-electron chi connectivity index (χ0n) is 25.9. The summed E-state index contributed by atoms with van der Waals surface area (Å²) >= 11 is 0. The van der Waals surface area contributed by atoms with Crippen molar-refractivity contribution >= 4 is 56.8 Å². The first-order valence-corrected chi connectivity index (χ1v) is 17.9. The van der Waals surface area contributed by atoms with Crippen LogP contribution in [0.15, 0.2) is 152 Å². The summed E-state index contributed by atoms with van der Waals surface area (Å²) in [6.07, 6.45) is 3.65. The van der Waals surface area contributed by atoms with Gasteiger partial charge in [-0.2, -0.15) is 6.07 Å². The fourth-order valence-electron chi connectivity index (χ4n) is 7.41. The zero-order valence-corrected chi connectivity index (χ0v) is 29.2. The quantitative estimate of drug-likeness (QED) is 0.159. The Hall–Kier alpha value is -5.62. The zero-order chi connectivity index (χ0) is 31.7. The number of para-hydroxylation sites is 4. The first-order valence-electron chi connectivity index (χ1n) is 15.9. The molecule has 6 nitrogen and oxygen atoms in total. The second kappa shape index (κ2) is 11.5. The van der Waals surface area contributed by atoms with Crippen LogP contribution in [-0.4, -0.2) is 32.0 Å². The van der Waals surface area contributed by atoms with Crippen LogP contribution in [0, 0.1) is 12.1 Å². The van der Waals surface area contributed by atoms with Gasteiger partial charge in [0.05, 0.1) is 27.8 Å². The van der Waals surface area contributed by atoms with E-state index < -0.39 is 8.07 Å². The first kappa shape index (κ1) is 29.5. The maximum Gasteiger partial charge on any atom is 2.00 e. The van der Waals surface area contributed by atoms with Crippen LogP contribution in [0.5, 0.6) is 11.5 Å².